The van der Waals surface area contributed by atoms with Crippen molar-refractivity contribution < 1.29 is 9.13 Å². The topological polar surface area (TPSA) is 27.1 Å². The smallest absolute Gasteiger partial charge is 0.125 e. The summed E-state index contributed by atoms with van der Waals surface area (Å²) in [6, 6.07) is 4.66. The van der Waals surface area contributed by atoms with Gasteiger partial charge in [0, 0.05) is 12.7 Å². The molecule has 0 spiro atoms. The Labute approximate surface area is 110 Å². The number of halogens is 2. The molecule has 1 aliphatic rings. The van der Waals surface area contributed by atoms with E-state index in [2.05, 4.69) is 16.5 Å². The van der Waals surface area contributed by atoms with E-state index in [0.717, 1.165) is 24.4 Å². The highest BCUT2D eigenvalue weighted by molar-refractivity contribution is 6.16. The molecule has 1 unspecified atom stereocenters. The number of benzene rings is 1. The number of fused-ring (bicyclic) bond motifs is 1. The minimum atomic E-state index is -0.277. The monoisotopic (exact) mass is 268 g/mol. The summed E-state index contributed by atoms with van der Waals surface area (Å²) >= 11 is 5.97. The molecular formula is C13H14ClFN2O. The first kappa shape index (κ1) is 11.9. The van der Waals surface area contributed by atoms with Crippen LogP contribution in [0, 0.1) is 5.82 Å². The lowest BCUT2D eigenvalue weighted by Gasteiger charge is -2.26. The van der Waals surface area contributed by atoms with Crippen molar-refractivity contribution in [3.05, 3.63) is 29.8 Å². The SMILES string of the molecule is CC1(n2c(CCl)nc3cc(F)ccc32)CCOC1. The predicted octanol–water partition coefficient (Wildman–Crippen LogP) is 3.05. The Kier molecular flexibility index (Phi) is 2.79. The average Bonchev–Trinajstić information content (AvgIpc) is 2.92. The van der Waals surface area contributed by atoms with Crippen LogP contribution in [0.2, 0.25) is 0 Å². The van der Waals surface area contributed by atoms with E-state index in [1.165, 1.54) is 12.1 Å². The Hall–Kier alpha value is -1.13. The minimum absolute atomic E-state index is 0.142. The maximum absolute atomic E-state index is 13.2. The summed E-state index contributed by atoms with van der Waals surface area (Å²) in [5.41, 5.74) is 1.43. The number of imidazole rings is 1. The van der Waals surface area contributed by atoms with Gasteiger partial charge in [0.05, 0.1) is 29.1 Å². The first-order chi connectivity index (χ1) is 8.64. The molecular weight excluding hydrogens is 255 g/mol. The number of hydrogen-bond donors (Lipinski definition) is 0. The second-order valence-electron chi connectivity index (χ2n) is 4.93. The van der Waals surface area contributed by atoms with Crippen LogP contribution in [-0.2, 0) is 16.2 Å². The lowest BCUT2D eigenvalue weighted by atomic mass is 10.0. The molecule has 2 heterocycles. The van der Waals surface area contributed by atoms with Gasteiger partial charge in [0.2, 0.25) is 0 Å². The first-order valence-electron chi connectivity index (χ1n) is 5.95. The molecule has 96 valence electrons. The van der Waals surface area contributed by atoms with Crippen LogP contribution in [0.1, 0.15) is 19.2 Å². The van der Waals surface area contributed by atoms with E-state index in [-0.39, 0.29) is 11.4 Å². The molecule has 0 aliphatic carbocycles. The molecule has 0 bridgehead atoms. The van der Waals surface area contributed by atoms with E-state index in [9.17, 15) is 4.39 Å². The molecule has 18 heavy (non-hydrogen) atoms. The molecule has 1 saturated heterocycles. The number of hydrogen-bond acceptors (Lipinski definition) is 2. The van der Waals surface area contributed by atoms with Crippen LogP contribution < -0.4 is 0 Å². The van der Waals surface area contributed by atoms with Crippen LogP contribution in [0.15, 0.2) is 18.2 Å². The second kappa shape index (κ2) is 4.21. The van der Waals surface area contributed by atoms with Gasteiger partial charge in [-0.05, 0) is 25.5 Å². The Morgan fingerprint density at radius 3 is 3.06 bits per heavy atom. The van der Waals surface area contributed by atoms with Crippen molar-refractivity contribution in [2.24, 2.45) is 0 Å². The van der Waals surface area contributed by atoms with Crippen molar-refractivity contribution in [1.82, 2.24) is 9.55 Å². The lowest BCUT2D eigenvalue weighted by Crippen LogP contribution is -2.31. The summed E-state index contributed by atoms with van der Waals surface area (Å²) < 4.78 is 20.8. The van der Waals surface area contributed by atoms with E-state index >= 15 is 0 Å². The molecule has 1 atom stereocenters. The summed E-state index contributed by atoms with van der Waals surface area (Å²) in [4.78, 5) is 4.42. The Morgan fingerprint density at radius 2 is 2.39 bits per heavy atom. The van der Waals surface area contributed by atoms with E-state index in [1.807, 2.05) is 0 Å². The Bertz CT molecular complexity index is 590. The molecule has 1 aromatic heterocycles. The average molecular weight is 269 g/mol. The molecule has 0 N–H and O–H groups in total. The highest BCUT2D eigenvalue weighted by Gasteiger charge is 2.34. The summed E-state index contributed by atoms with van der Waals surface area (Å²) in [7, 11) is 0. The van der Waals surface area contributed by atoms with Crippen molar-refractivity contribution in [2.45, 2.75) is 24.8 Å². The number of ether oxygens (including phenoxy) is 1. The second-order valence-corrected chi connectivity index (χ2v) is 5.20. The Balaban J connectivity index is 2.25. The van der Waals surface area contributed by atoms with Gasteiger partial charge in [0.15, 0.2) is 0 Å². The van der Waals surface area contributed by atoms with Gasteiger partial charge in [-0.2, -0.15) is 0 Å². The van der Waals surface area contributed by atoms with E-state index < -0.39 is 0 Å². The van der Waals surface area contributed by atoms with Gasteiger partial charge in [-0.25, -0.2) is 9.37 Å². The fraction of sp³-hybridized carbons (Fsp3) is 0.462. The van der Waals surface area contributed by atoms with Crippen LogP contribution in [0.5, 0.6) is 0 Å². The van der Waals surface area contributed by atoms with Crippen LogP contribution in [0.3, 0.4) is 0 Å². The predicted molar refractivity (Wildman–Crippen MR) is 68.3 cm³/mol. The summed E-state index contributed by atoms with van der Waals surface area (Å²) in [5.74, 6) is 0.803. The maximum atomic E-state index is 13.2. The van der Waals surface area contributed by atoms with Gasteiger partial charge in [0.1, 0.15) is 11.6 Å². The Morgan fingerprint density at radius 1 is 1.56 bits per heavy atom. The molecule has 0 amide bonds. The summed E-state index contributed by atoms with van der Waals surface area (Å²) in [6.07, 6.45) is 0.916. The molecule has 1 aromatic carbocycles. The summed E-state index contributed by atoms with van der Waals surface area (Å²) in [5, 5.41) is 0. The number of alkyl halides is 1. The van der Waals surface area contributed by atoms with Gasteiger partial charge in [-0.15, -0.1) is 11.6 Å². The minimum Gasteiger partial charge on any atom is -0.379 e. The van der Waals surface area contributed by atoms with Crippen molar-refractivity contribution >= 4 is 22.6 Å². The largest absolute Gasteiger partial charge is 0.379 e. The van der Waals surface area contributed by atoms with Crippen molar-refractivity contribution in [3.63, 3.8) is 0 Å². The van der Waals surface area contributed by atoms with Gasteiger partial charge >= 0.3 is 0 Å². The van der Waals surface area contributed by atoms with E-state index in [1.54, 1.807) is 6.07 Å². The molecule has 0 saturated carbocycles. The van der Waals surface area contributed by atoms with Crippen LogP contribution in [0.4, 0.5) is 4.39 Å². The molecule has 3 nitrogen and oxygen atoms in total. The number of aromatic nitrogens is 2. The van der Waals surface area contributed by atoms with Gasteiger partial charge in [-0.1, -0.05) is 0 Å². The molecule has 3 rings (SSSR count). The summed E-state index contributed by atoms with van der Waals surface area (Å²) in [6.45, 7) is 3.50. The maximum Gasteiger partial charge on any atom is 0.125 e. The van der Waals surface area contributed by atoms with E-state index in [0.29, 0.717) is 18.0 Å². The molecule has 1 fully saturated rings. The number of nitrogens with zero attached hydrogens (tertiary/aromatic N) is 2. The zero-order valence-electron chi connectivity index (χ0n) is 10.1. The first-order valence-corrected chi connectivity index (χ1v) is 6.48. The molecule has 0 radical (unpaired) electrons. The fourth-order valence-corrected chi connectivity index (χ4v) is 2.81. The molecule has 1 aliphatic heterocycles. The van der Waals surface area contributed by atoms with Crippen LogP contribution in [0.25, 0.3) is 11.0 Å². The third-order valence-electron chi connectivity index (χ3n) is 3.54. The third kappa shape index (κ3) is 1.71. The molecule has 2 aromatic rings. The third-order valence-corrected chi connectivity index (χ3v) is 3.78. The van der Waals surface area contributed by atoms with Gasteiger partial charge in [-0.3, -0.25) is 0 Å². The van der Waals surface area contributed by atoms with Crippen molar-refractivity contribution in [2.75, 3.05) is 13.2 Å². The van der Waals surface area contributed by atoms with Crippen molar-refractivity contribution in [3.8, 4) is 0 Å². The van der Waals surface area contributed by atoms with Crippen LogP contribution in [-0.4, -0.2) is 22.8 Å². The number of rotatable bonds is 2. The zero-order valence-corrected chi connectivity index (χ0v) is 10.9. The quantitative estimate of drug-likeness (QED) is 0.783. The standard InChI is InChI=1S/C13H14ClFN2O/c1-13(4-5-18-8-13)17-11-3-2-9(15)6-10(11)16-12(17)7-14/h2-3,6H,4-5,7-8H2,1H3. The highest BCUT2D eigenvalue weighted by Crippen LogP contribution is 2.33. The van der Waals surface area contributed by atoms with Gasteiger partial charge in [0.25, 0.3) is 0 Å². The van der Waals surface area contributed by atoms with Crippen molar-refractivity contribution in [1.29, 1.82) is 0 Å². The fourth-order valence-electron chi connectivity index (χ4n) is 2.63. The van der Waals surface area contributed by atoms with Gasteiger partial charge < -0.3 is 9.30 Å². The van der Waals surface area contributed by atoms with E-state index in [4.69, 9.17) is 16.3 Å². The zero-order chi connectivity index (χ0) is 12.8. The van der Waals surface area contributed by atoms with Crippen LogP contribution >= 0.6 is 11.6 Å². The molecule has 5 heteroatoms. The highest BCUT2D eigenvalue weighted by atomic mass is 35.5. The normalized spacial score (nSPS) is 23.9. The lowest BCUT2D eigenvalue weighted by molar-refractivity contribution is 0.162.